The number of hydrogen-bond donors (Lipinski definition) is 0. The number of rotatable bonds is 7. The van der Waals surface area contributed by atoms with E-state index >= 15 is 0 Å². The summed E-state index contributed by atoms with van der Waals surface area (Å²) in [5.41, 5.74) is 1.17. The number of hydrogen-bond acceptors (Lipinski definition) is 4. The molecule has 0 N–H and O–H groups in total. The Balaban J connectivity index is 3.17. The Morgan fingerprint density at radius 3 is 2.37 bits per heavy atom. The molecule has 0 fully saturated rings. The fourth-order valence-corrected chi connectivity index (χ4v) is 2.30. The summed E-state index contributed by atoms with van der Waals surface area (Å²) in [6, 6.07) is 7.06. The molecule has 0 aromatic heterocycles. The van der Waals surface area contributed by atoms with E-state index in [2.05, 4.69) is 11.8 Å². The highest BCUT2D eigenvalue weighted by Crippen LogP contribution is 2.25. The fourth-order valence-electron chi connectivity index (χ4n) is 2.30. The molecule has 0 saturated carbocycles. The lowest BCUT2D eigenvalue weighted by Crippen LogP contribution is -2.36. The first kappa shape index (κ1) is 22.5. The maximum absolute atomic E-state index is 12.8. The van der Waals surface area contributed by atoms with Gasteiger partial charge in [-0.2, -0.15) is 5.06 Å². The minimum absolute atomic E-state index is 0.110. The summed E-state index contributed by atoms with van der Waals surface area (Å²) in [4.78, 5) is 31.9. The van der Waals surface area contributed by atoms with Crippen molar-refractivity contribution in [3.05, 3.63) is 24.3 Å². The first-order chi connectivity index (χ1) is 12.8. The molecule has 0 bridgehead atoms. The molecule has 1 unspecified atom stereocenters. The molecule has 1 aromatic rings. The van der Waals surface area contributed by atoms with Crippen molar-refractivity contribution in [1.29, 1.82) is 0 Å². The highest BCUT2D eigenvalue weighted by Gasteiger charge is 2.23. The molecule has 27 heavy (non-hydrogen) atoms. The number of carbonyl (C=O) groups is 2. The Kier molecular flexibility index (Phi) is 9.38. The Labute approximate surface area is 162 Å². The topological polar surface area (TPSA) is 59.1 Å². The van der Waals surface area contributed by atoms with Crippen LogP contribution in [-0.4, -0.2) is 32.3 Å². The van der Waals surface area contributed by atoms with Crippen LogP contribution in [-0.2, 0) is 14.4 Å². The molecule has 0 aliphatic rings. The van der Waals surface area contributed by atoms with Gasteiger partial charge >= 0.3 is 6.09 Å². The van der Waals surface area contributed by atoms with Gasteiger partial charge in [0.1, 0.15) is 6.61 Å². The highest BCUT2D eigenvalue weighted by molar-refractivity contribution is 5.94. The average molecular weight is 374 g/mol. The van der Waals surface area contributed by atoms with E-state index in [-0.39, 0.29) is 24.3 Å². The number of methoxy groups -OCH3 is 1. The summed E-state index contributed by atoms with van der Waals surface area (Å²) < 4.78 is 4.82. The van der Waals surface area contributed by atoms with E-state index in [4.69, 9.17) is 9.57 Å². The smallest absolute Gasteiger partial charge is 0.413 e. The molecule has 1 aromatic carbocycles. The summed E-state index contributed by atoms with van der Waals surface area (Å²) in [5, 5.41) is 1.28. The maximum Gasteiger partial charge on any atom is 0.413 e. The zero-order chi connectivity index (χ0) is 20.4. The predicted octanol–water partition coefficient (Wildman–Crippen LogP) is 4.25. The Morgan fingerprint density at radius 1 is 1.15 bits per heavy atom. The quantitative estimate of drug-likeness (QED) is 0.529. The monoisotopic (exact) mass is 374 g/mol. The normalized spacial score (nSPS) is 11.4. The molecule has 0 saturated heterocycles. The van der Waals surface area contributed by atoms with Gasteiger partial charge in [-0.3, -0.25) is 14.5 Å². The summed E-state index contributed by atoms with van der Waals surface area (Å²) in [6.45, 7) is 10.2. The fraction of sp³-hybridized carbons (Fsp3) is 0.524. The molecule has 6 heteroatoms. The first-order valence-electron chi connectivity index (χ1n) is 9.26. The molecule has 1 atom stereocenters. The van der Waals surface area contributed by atoms with Crippen molar-refractivity contribution in [2.24, 2.45) is 11.8 Å². The molecule has 6 nitrogen and oxygen atoms in total. The molecule has 0 radical (unpaired) electrons. The highest BCUT2D eigenvalue weighted by atomic mass is 16.7. The molecule has 0 aliphatic heterocycles. The number of ether oxygens (including phenoxy) is 1. The number of amides is 2. The zero-order valence-corrected chi connectivity index (χ0v) is 17.1. The zero-order valence-electron chi connectivity index (χ0n) is 17.1. The van der Waals surface area contributed by atoms with Crippen LogP contribution in [0.3, 0.4) is 0 Å². The van der Waals surface area contributed by atoms with E-state index in [1.165, 1.54) is 17.1 Å². The average Bonchev–Trinajstić information content (AvgIpc) is 2.67. The summed E-state index contributed by atoms with van der Waals surface area (Å²) in [5.74, 6) is 5.82. The molecule has 2 amide bonds. The van der Waals surface area contributed by atoms with E-state index in [1.807, 2.05) is 34.6 Å². The van der Waals surface area contributed by atoms with Gasteiger partial charge in [-0.05, 0) is 31.5 Å². The van der Waals surface area contributed by atoms with Gasteiger partial charge in [-0.1, -0.05) is 45.6 Å². The number of hydroxylamine groups is 1. The van der Waals surface area contributed by atoms with Crippen LogP contribution in [0.25, 0.3) is 0 Å². The van der Waals surface area contributed by atoms with Crippen molar-refractivity contribution in [3.8, 4) is 11.8 Å². The number of nitrogens with zero attached hydrogens (tertiary/aromatic N) is 2. The van der Waals surface area contributed by atoms with E-state index in [0.717, 1.165) is 0 Å². The molecular formula is C21H30N2O4. The van der Waals surface area contributed by atoms with Gasteiger partial charge < -0.3 is 4.74 Å². The van der Waals surface area contributed by atoms with Crippen LogP contribution in [0.4, 0.5) is 16.2 Å². The van der Waals surface area contributed by atoms with Gasteiger partial charge in [0.2, 0.25) is 0 Å². The molecule has 0 heterocycles. The van der Waals surface area contributed by atoms with Crippen molar-refractivity contribution in [1.82, 2.24) is 0 Å². The van der Waals surface area contributed by atoms with Crippen LogP contribution >= 0.6 is 0 Å². The van der Waals surface area contributed by atoms with Gasteiger partial charge in [0.25, 0.3) is 5.91 Å². The van der Waals surface area contributed by atoms with Crippen molar-refractivity contribution < 1.29 is 19.2 Å². The van der Waals surface area contributed by atoms with Gasteiger partial charge in [0, 0.05) is 24.1 Å². The van der Waals surface area contributed by atoms with Crippen LogP contribution in [0.2, 0.25) is 0 Å². The third-order valence-corrected chi connectivity index (χ3v) is 3.98. The van der Waals surface area contributed by atoms with Crippen molar-refractivity contribution in [2.45, 2.75) is 41.0 Å². The van der Waals surface area contributed by atoms with Gasteiger partial charge in [-0.15, -0.1) is 0 Å². The molecular weight excluding hydrogens is 344 g/mol. The number of carbonyl (C=O) groups excluding carboxylic acids is 2. The molecule has 0 spiro atoms. The van der Waals surface area contributed by atoms with Gasteiger partial charge in [0.05, 0.1) is 12.8 Å². The Hall–Kier alpha value is -2.52. The lowest BCUT2D eigenvalue weighted by Gasteiger charge is -2.26. The van der Waals surface area contributed by atoms with Crippen molar-refractivity contribution in [3.63, 3.8) is 0 Å². The second kappa shape index (κ2) is 11.2. The lowest BCUT2D eigenvalue weighted by molar-refractivity contribution is -0.129. The van der Waals surface area contributed by atoms with Gasteiger partial charge in [0.15, 0.2) is 0 Å². The lowest BCUT2D eigenvalue weighted by atomic mass is 10.1. The number of anilines is 2. The molecule has 148 valence electrons. The second-order valence-electron chi connectivity index (χ2n) is 6.43. The first-order valence-corrected chi connectivity index (χ1v) is 9.26. The molecule has 0 aliphatic carbocycles. The van der Waals surface area contributed by atoms with E-state index in [0.29, 0.717) is 24.3 Å². The summed E-state index contributed by atoms with van der Waals surface area (Å²) >= 11 is 0. The largest absolute Gasteiger partial charge is 0.452 e. The van der Waals surface area contributed by atoms with E-state index in [1.54, 1.807) is 24.3 Å². The minimum atomic E-state index is -0.460. The van der Waals surface area contributed by atoms with E-state index < -0.39 is 6.09 Å². The predicted molar refractivity (Wildman–Crippen MR) is 107 cm³/mol. The second-order valence-corrected chi connectivity index (χ2v) is 6.43. The third-order valence-electron chi connectivity index (χ3n) is 3.98. The van der Waals surface area contributed by atoms with Crippen molar-refractivity contribution >= 4 is 23.4 Å². The van der Waals surface area contributed by atoms with Crippen LogP contribution in [0.15, 0.2) is 24.3 Å². The number of benzene rings is 1. The van der Waals surface area contributed by atoms with E-state index in [9.17, 15) is 9.59 Å². The van der Waals surface area contributed by atoms with Crippen LogP contribution in [0.1, 0.15) is 41.0 Å². The van der Waals surface area contributed by atoms with Gasteiger partial charge in [-0.25, -0.2) is 4.79 Å². The molecule has 1 rings (SSSR count). The SMILES string of the molecule is CCC(C)C(=O)N(OCC#CC(C)C)c1cccc(N(CC)C(=O)OC)c1. The minimum Gasteiger partial charge on any atom is -0.452 e. The summed E-state index contributed by atoms with van der Waals surface area (Å²) in [7, 11) is 1.34. The van der Waals surface area contributed by atoms with Crippen molar-refractivity contribution in [2.75, 3.05) is 30.2 Å². The van der Waals surface area contributed by atoms with Crippen LogP contribution < -0.4 is 9.96 Å². The standard InChI is InChI=1S/C21H30N2O4/c1-7-17(5)20(24)23(27-14-10-11-16(3)4)19-13-9-12-18(15-19)22(8-2)21(25)26-6/h9,12-13,15-17H,7-8,14H2,1-6H3. The Morgan fingerprint density at radius 2 is 1.81 bits per heavy atom. The third kappa shape index (κ3) is 6.61. The Bertz CT molecular complexity index is 691. The summed E-state index contributed by atoms with van der Waals surface area (Å²) in [6.07, 6.45) is 0.234. The van der Waals surface area contributed by atoms with Crippen LogP contribution in [0, 0.1) is 23.7 Å². The maximum atomic E-state index is 12.8. The van der Waals surface area contributed by atoms with Crippen LogP contribution in [0.5, 0.6) is 0 Å².